The molecule has 0 saturated carbocycles. The summed E-state index contributed by atoms with van der Waals surface area (Å²) >= 11 is 0. The third kappa shape index (κ3) is 5.47. The van der Waals surface area contributed by atoms with Crippen molar-refractivity contribution in [3.63, 3.8) is 0 Å². The van der Waals surface area contributed by atoms with E-state index < -0.39 is 0 Å². The highest BCUT2D eigenvalue weighted by Crippen LogP contribution is 2.17. The molecule has 1 fully saturated rings. The minimum Gasteiger partial charge on any atom is -0.477 e. The Morgan fingerprint density at radius 2 is 2.29 bits per heavy atom. The summed E-state index contributed by atoms with van der Waals surface area (Å²) < 4.78 is 16.4. The van der Waals surface area contributed by atoms with Crippen LogP contribution < -0.4 is 10.1 Å². The van der Waals surface area contributed by atoms with Gasteiger partial charge in [-0.25, -0.2) is 4.98 Å². The van der Waals surface area contributed by atoms with Gasteiger partial charge >= 0.3 is 0 Å². The Morgan fingerprint density at radius 1 is 1.43 bits per heavy atom. The molecule has 0 radical (unpaired) electrons. The van der Waals surface area contributed by atoms with Gasteiger partial charge in [-0.05, 0) is 18.8 Å². The normalized spacial score (nSPS) is 18.2. The highest BCUT2D eigenvalue weighted by Gasteiger charge is 2.15. The van der Waals surface area contributed by atoms with Crippen molar-refractivity contribution in [3.05, 3.63) is 11.9 Å². The number of ether oxygens (including phenoxy) is 3. The van der Waals surface area contributed by atoms with E-state index in [0.29, 0.717) is 30.8 Å². The van der Waals surface area contributed by atoms with Crippen LogP contribution in [0, 0.1) is 5.92 Å². The van der Waals surface area contributed by atoms with Crippen LogP contribution >= 0.6 is 0 Å². The topological polar surface area (TPSA) is 65.5 Å². The van der Waals surface area contributed by atoms with Crippen LogP contribution in [0.15, 0.2) is 6.07 Å². The molecule has 0 aromatic carbocycles. The van der Waals surface area contributed by atoms with Gasteiger partial charge in [-0.3, -0.25) is 0 Å². The van der Waals surface area contributed by atoms with E-state index in [2.05, 4.69) is 29.1 Å². The van der Waals surface area contributed by atoms with Crippen molar-refractivity contribution in [2.24, 2.45) is 5.92 Å². The summed E-state index contributed by atoms with van der Waals surface area (Å²) in [6.07, 6.45) is 2.50. The van der Waals surface area contributed by atoms with Gasteiger partial charge in [0.1, 0.15) is 12.4 Å². The molecule has 0 amide bonds. The maximum Gasteiger partial charge on any atom is 0.218 e. The summed E-state index contributed by atoms with van der Waals surface area (Å²) in [6, 6.07) is 1.83. The van der Waals surface area contributed by atoms with Crippen molar-refractivity contribution in [3.8, 4) is 5.88 Å². The van der Waals surface area contributed by atoms with Crippen molar-refractivity contribution >= 4 is 5.82 Å². The molecular formula is C15H25N3O3. The van der Waals surface area contributed by atoms with E-state index in [9.17, 15) is 0 Å². The van der Waals surface area contributed by atoms with E-state index in [1.807, 2.05) is 6.07 Å². The fraction of sp³-hybridized carbons (Fsp3) is 0.733. The van der Waals surface area contributed by atoms with Crippen molar-refractivity contribution < 1.29 is 14.2 Å². The number of hydrogen-bond donors (Lipinski definition) is 1. The van der Waals surface area contributed by atoms with Gasteiger partial charge in [0.05, 0.1) is 12.7 Å². The van der Waals surface area contributed by atoms with Gasteiger partial charge in [0.2, 0.25) is 5.88 Å². The average Bonchev–Trinajstić information content (AvgIpc) is 2.96. The highest BCUT2D eigenvalue weighted by atomic mass is 16.5. The van der Waals surface area contributed by atoms with Gasteiger partial charge in [-0.15, -0.1) is 0 Å². The number of nitrogens with one attached hydrogen (secondary N) is 1. The standard InChI is InChI=1S/C15H25N3O3/c1-11(2)9-21-15-7-13(17-14(18-15)10-19-3)16-8-12-5-4-6-20-12/h7,11-12H,4-6,8-10H2,1-3H3,(H,16,17,18). The Morgan fingerprint density at radius 3 is 2.95 bits per heavy atom. The first kappa shape index (κ1) is 16.0. The molecule has 1 aromatic heterocycles. The van der Waals surface area contributed by atoms with E-state index in [1.54, 1.807) is 7.11 Å². The van der Waals surface area contributed by atoms with Gasteiger partial charge in [0.15, 0.2) is 5.82 Å². The zero-order valence-electron chi connectivity index (χ0n) is 13.1. The van der Waals surface area contributed by atoms with Gasteiger partial charge in [0.25, 0.3) is 0 Å². The Kier molecular flexibility index (Phi) is 6.20. The average molecular weight is 295 g/mol. The monoisotopic (exact) mass is 295 g/mol. The summed E-state index contributed by atoms with van der Waals surface area (Å²) in [6.45, 7) is 6.82. The Hall–Kier alpha value is -1.40. The molecule has 0 spiro atoms. The molecule has 2 rings (SSSR count). The number of hydrogen-bond acceptors (Lipinski definition) is 6. The lowest BCUT2D eigenvalue weighted by molar-refractivity contribution is 0.120. The smallest absolute Gasteiger partial charge is 0.218 e. The predicted octanol–water partition coefficient (Wildman–Crippen LogP) is 2.25. The summed E-state index contributed by atoms with van der Waals surface area (Å²) in [5.74, 6) is 2.41. The van der Waals surface area contributed by atoms with Crippen molar-refractivity contribution in [2.75, 3.05) is 32.2 Å². The van der Waals surface area contributed by atoms with Gasteiger partial charge in [-0.2, -0.15) is 4.98 Å². The number of rotatable bonds is 8. The SMILES string of the molecule is COCc1nc(NCC2CCCO2)cc(OCC(C)C)n1. The Bertz CT molecular complexity index is 434. The molecule has 1 saturated heterocycles. The number of anilines is 1. The molecule has 0 aliphatic carbocycles. The molecule has 118 valence electrons. The summed E-state index contributed by atoms with van der Waals surface area (Å²) in [5.41, 5.74) is 0. The molecule has 1 aromatic rings. The first-order chi connectivity index (χ1) is 10.2. The molecule has 1 N–H and O–H groups in total. The fourth-order valence-corrected chi connectivity index (χ4v) is 2.11. The molecule has 2 heterocycles. The first-order valence-corrected chi connectivity index (χ1v) is 7.52. The third-order valence-corrected chi connectivity index (χ3v) is 3.12. The van der Waals surface area contributed by atoms with E-state index in [0.717, 1.165) is 31.8 Å². The van der Waals surface area contributed by atoms with Gasteiger partial charge in [0, 0.05) is 26.3 Å². The quantitative estimate of drug-likeness (QED) is 0.793. The third-order valence-electron chi connectivity index (χ3n) is 3.12. The molecule has 1 atom stereocenters. The second-order valence-corrected chi connectivity index (χ2v) is 5.66. The van der Waals surface area contributed by atoms with Crippen LogP contribution in [0.5, 0.6) is 5.88 Å². The summed E-state index contributed by atoms with van der Waals surface area (Å²) in [7, 11) is 1.63. The van der Waals surface area contributed by atoms with E-state index in [4.69, 9.17) is 14.2 Å². The predicted molar refractivity (Wildman–Crippen MR) is 80.5 cm³/mol. The second kappa shape index (κ2) is 8.14. The van der Waals surface area contributed by atoms with Crippen LogP contribution in [0.2, 0.25) is 0 Å². The summed E-state index contributed by atoms with van der Waals surface area (Å²) in [5, 5.41) is 3.30. The largest absolute Gasteiger partial charge is 0.477 e. The van der Waals surface area contributed by atoms with Crippen LogP contribution in [-0.4, -0.2) is 42.9 Å². The van der Waals surface area contributed by atoms with Crippen LogP contribution in [0.4, 0.5) is 5.82 Å². The Labute approximate surface area is 126 Å². The molecule has 1 aliphatic heterocycles. The lowest BCUT2D eigenvalue weighted by atomic mass is 10.2. The molecule has 1 unspecified atom stereocenters. The lowest BCUT2D eigenvalue weighted by Crippen LogP contribution is -2.19. The van der Waals surface area contributed by atoms with Crippen molar-refractivity contribution in [1.82, 2.24) is 9.97 Å². The van der Waals surface area contributed by atoms with Crippen LogP contribution in [0.1, 0.15) is 32.5 Å². The number of aromatic nitrogens is 2. The Balaban J connectivity index is 1.99. The number of methoxy groups -OCH3 is 1. The highest BCUT2D eigenvalue weighted by molar-refractivity contribution is 5.38. The zero-order valence-corrected chi connectivity index (χ0v) is 13.1. The number of nitrogens with zero attached hydrogens (tertiary/aromatic N) is 2. The molecule has 21 heavy (non-hydrogen) atoms. The molecule has 0 bridgehead atoms. The van der Waals surface area contributed by atoms with Crippen LogP contribution in [0.25, 0.3) is 0 Å². The molecule has 1 aliphatic rings. The maximum absolute atomic E-state index is 5.69. The van der Waals surface area contributed by atoms with Crippen LogP contribution in [0.3, 0.4) is 0 Å². The zero-order chi connectivity index (χ0) is 15.1. The minimum atomic E-state index is 0.269. The van der Waals surface area contributed by atoms with Crippen molar-refractivity contribution in [2.45, 2.75) is 39.4 Å². The molecule has 6 nitrogen and oxygen atoms in total. The van der Waals surface area contributed by atoms with Gasteiger partial charge in [-0.1, -0.05) is 13.8 Å². The maximum atomic E-state index is 5.69. The fourth-order valence-electron chi connectivity index (χ4n) is 2.11. The summed E-state index contributed by atoms with van der Waals surface area (Å²) in [4.78, 5) is 8.77. The lowest BCUT2D eigenvalue weighted by Gasteiger charge is -2.14. The van der Waals surface area contributed by atoms with E-state index in [1.165, 1.54) is 0 Å². The second-order valence-electron chi connectivity index (χ2n) is 5.66. The van der Waals surface area contributed by atoms with Crippen molar-refractivity contribution in [1.29, 1.82) is 0 Å². The van der Waals surface area contributed by atoms with E-state index >= 15 is 0 Å². The molecular weight excluding hydrogens is 270 g/mol. The van der Waals surface area contributed by atoms with Gasteiger partial charge < -0.3 is 19.5 Å². The van der Waals surface area contributed by atoms with Crippen LogP contribution in [-0.2, 0) is 16.1 Å². The first-order valence-electron chi connectivity index (χ1n) is 7.52. The minimum absolute atomic E-state index is 0.269. The van der Waals surface area contributed by atoms with E-state index in [-0.39, 0.29) is 6.10 Å². The molecule has 6 heteroatoms.